The molecule has 0 aliphatic carbocycles. The van der Waals surface area contributed by atoms with E-state index < -0.39 is 0 Å². The van der Waals surface area contributed by atoms with Crippen molar-refractivity contribution >= 4 is 21.6 Å². The molecule has 0 aliphatic rings. The first-order chi connectivity index (χ1) is 8.58. The SMILES string of the molecule is Cc1cccc(NC(C)c2cccc(Br)c2)c1C. The largest absolute Gasteiger partial charge is 0.378 e. The molecule has 0 saturated carbocycles. The van der Waals surface area contributed by atoms with E-state index in [4.69, 9.17) is 0 Å². The lowest BCUT2D eigenvalue weighted by atomic mass is 10.1. The summed E-state index contributed by atoms with van der Waals surface area (Å²) in [4.78, 5) is 0. The molecular formula is C16H18BrN. The van der Waals surface area contributed by atoms with Crippen LogP contribution >= 0.6 is 15.9 Å². The van der Waals surface area contributed by atoms with Crippen molar-refractivity contribution in [3.63, 3.8) is 0 Å². The van der Waals surface area contributed by atoms with Crippen molar-refractivity contribution in [2.45, 2.75) is 26.8 Å². The Morgan fingerprint density at radius 3 is 2.50 bits per heavy atom. The molecule has 94 valence electrons. The van der Waals surface area contributed by atoms with Crippen molar-refractivity contribution < 1.29 is 0 Å². The molecule has 2 heteroatoms. The third-order valence-electron chi connectivity index (χ3n) is 3.33. The van der Waals surface area contributed by atoms with Crippen LogP contribution in [0.5, 0.6) is 0 Å². The van der Waals surface area contributed by atoms with Gasteiger partial charge in [-0.25, -0.2) is 0 Å². The van der Waals surface area contributed by atoms with Crippen molar-refractivity contribution in [2.75, 3.05) is 5.32 Å². The maximum absolute atomic E-state index is 3.57. The first kappa shape index (κ1) is 13.2. The van der Waals surface area contributed by atoms with Crippen LogP contribution in [0.3, 0.4) is 0 Å². The van der Waals surface area contributed by atoms with Crippen molar-refractivity contribution in [1.29, 1.82) is 0 Å². The number of aryl methyl sites for hydroxylation is 1. The van der Waals surface area contributed by atoms with Crippen LogP contribution in [-0.2, 0) is 0 Å². The monoisotopic (exact) mass is 303 g/mol. The molecule has 2 aromatic carbocycles. The number of nitrogens with one attached hydrogen (secondary N) is 1. The summed E-state index contributed by atoms with van der Waals surface area (Å²) < 4.78 is 1.12. The highest BCUT2D eigenvalue weighted by Crippen LogP contribution is 2.25. The molecular weight excluding hydrogens is 286 g/mol. The molecule has 0 aliphatic heterocycles. The highest BCUT2D eigenvalue weighted by molar-refractivity contribution is 9.10. The normalized spacial score (nSPS) is 12.2. The summed E-state index contributed by atoms with van der Waals surface area (Å²) >= 11 is 3.51. The second-order valence-electron chi connectivity index (χ2n) is 4.67. The summed E-state index contributed by atoms with van der Waals surface area (Å²) in [6.07, 6.45) is 0. The lowest BCUT2D eigenvalue weighted by molar-refractivity contribution is 0.881. The molecule has 1 nitrogen and oxygen atoms in total. The number of hydrogen-bond acceptors (Lipinski definition) is 1. The number of benzene rings is 2. The first-order valence-corrected chi connectivity index (χ1v) is 6.95. The maximum Gasteiger partial charge on any atom is 0.0486 e. The zero-order valence-corrected chi connectivity index (χ0v) is 12.6. The van der Waals surface area contributed by atoms with Gasteiger partial charge in [0.15, 0.2) is 0 Å². The molecule has 0 spiro atoms. The van der Waals surface area contributed by atoms with E-state index in [-0.39, 0.29) is 0 Å². The van der Waals surface area contributed by atoms with E-state index in [1.54, 1.807) is 0 Å². The van der Waals surface area contributed by atoms with E-state index in [1.165, 1.54) is 22.4 Å². The lowest BCUT2D eigenvalue weighted by Gasteiger charge is -2.18. The first-order valence-electron chi connectivity index (χ1n) is 6.16. The molecule has 1 unspecified atom stereocenters. The Labute approximate surface area is 117 Å². The van der Waals surface area contributed by atoms with Crippen LogP contribution in [0, 0.1) is 13.8 Å². The highest BCUT2D eigenvalue weighted by Gasteiger charge is 2.07. The number of anilines is 1. The van der Waals surface area contributed by atoms with Crippen LogP contribution < -0.4 is 5.32 Å². The summed E-state index contributed by atoms with van der Waals surface area (Å²) in [7, 11) is 0. The minimum atomic E-state index is 0.294. The molecule has 0 amide bonds. The Balaban J connectivity index is 2.21. The van der Waals surface area contributed by atoms with Gasteiger partial charge in [0.1, 0.15) is 0 Å². The average molecular weight is 304 g/mol. The maximum atomic E-state index is 3.57. The number of hydrogen-bond donors (Lipinski definition) is 1. The van der Waals surface area contributed by atoms with Crippen LogP contribution in [0.25, 0.3) is 0 Å². The van der Waals surface area contributed by atoms with Gasteiger partial charge < -0.3 is 5.32 Å². The van der Waals surface area contributed by atoms with Gasteiger partial charge in [-0.05, 0) is 55.7 Å². The third kappa shape index (κ3) is 2.94. The third-order valence-corrected chi connectivity index (χ3v) is 3.82. The Bertz CT molecular complexity index is 549. The summed E-state index contributed by atoms with van der Waals surface area (Å²) in [5.41, 5.74) is 5.13. The van der Waals surface area contributed by atoms with Crippen molar-refractivity contribution in [1.82, 2.24) is 0 Å². The van der Waals surface area contributed by atoms with Crippen LogP contribution in [0.15, 0.2) is 46.9 Å². The van der Waals surface area contributed by atoms with Crippen LogP contribution in [0.2, 0.25) is 0 Å². The van der Waals surface area contributed by atoms with Crippen molar-refractivity contribution in [3.8, 4) is 0 Å². The zero-order chi connectivity index (χ0) is 13.1. The summed E-state index contributed by atoms with van der Waals surface area (Å²) in [6.45, 7) is 6.49. The highest BCUT2D eigenvalue weighted by atomic mass is 79.9. The molecule has 0 heterocycles. The number of rotatable bonds is 3. The van der Waals surface area contributed by atoms with Gasteiger partial charge in [0, 0.05) is 16.2 Å². The van der Waals surface area contributed by atoms with E-state index in [0.29, 0.717) is 6.04 Å². The van der Waals surface area contributed by atoms with E-state index in [2.05, 4.69) is 78.4 Å². The molecule has 0 radical (unpaired) electrons. The smallest absolute Gasteiger partial charge is 0.0486 e. The summed E-state index contributed by atoms with van der Waals surface area (Å²) in [5, 5.41) is 3.57. The van der Waals surface area contributed by atoms with Gasteiger partial charge >= 0.3 is 0 Å². The fourth-order valence-corrected chi connectivity index (χ4v) is 2.42. The Hall–Kier alpha value is -1.28. The van der Waals surface area contributed by atoms with E-state index in [0.717, 1.165) is 4.47 Å². The Morgan fingerprint density at radius 1 is 1.06 bits per heavy atom. The summed E-state index contributed by atoms with van der Waals surface area (Å²) in [5.74, 6) is 0. The van der Waals surface area contributed by atoms with Gasteiger partial charge in [-0.2, -0.15) is 0 Å². The molecule has 0 bridgehead atoms. The molecule has 2 rings (SSSR count). The van der Waals surface area contributed by atoms with Crippen molar-refractivity contribution in [3.05, 3.63) is 63.6 Å². The minimum Gasteiger partial charge on any atom is -0.378 e. The molecule has 2 aromatic rings. The number of halogens is 1. The quantitative estimate of drug-likeness (QED) is 0.817. The minimum absolute atomic E-state index is 0.294. The van der Waals surface area contributed by atoms with E-state index in [1.807, 2.05) is 6.07 Å². The van der Waals surface area contributed by atoms with Gasteiger partial charge in [-0.3, -0.25) is 0 Å². The summed E-state index contributed by atoms with van der Waals surface area (Å²) in [6, 6.07) is 15.1. The van der Waals surface area contributed by atoms with Gasteiger partial charge in [0.05, 0.1) is 0 Å². The van der Waals surface area contributed by atoms with Crippen LogP contribution in [-0.4, -0.2) is 0 Å². The van der Waals surface area contributed by atoms with Gasteiger partial charge in [0.2, 0.25) is 0 Å². The Morgan fingerprint density at radius 2 is 1.78 bits per heavy atom. The predicted octanol–water partition coefficient (Wildman–Crippen LogP) is 5.24. The van der Waals surface area contributed by atoms with Gasteiger partial charge in [0.25, 0.3) is 0 Å². The van der Waals surface area contributed by atoms with Gasteiger partial charge in [-0.15, -0.1) is 0 Å². The average Bonchev–Trinajstić information content (AvgIpc) is 2.35. The second kappa shape index (κ2) is 5.57. The fraction of sp³-hybridized carbons (Fsp3) is 0.250. The van der Waals surface area contributed by atoms with E-state index in [9.17, 15) is 0 Å². The molecule has 0 aromatic heterocycles. The van der Waals surface area contributed by atoms with Crippen LogP contribution in [0.1, 0.15) is 29.7 Å². The van der Waals surface area contributed by atoms with Gasteiger partial charge in [-0.1, -0.05) is 40.2 Å². The molecule has 0 fully saturated rings. The van der Waals surface area contributed by atoms with E-state index >= 15 is 0 Å². The molecule has 1 atom stereocenters. The zero-order valence-electron chi connectivity index (χ0n) is 11.0. The second-order valence-corrected chi connectivity index (χ2v) is 5.58. The molecule has 1 N–H and O–H groups in total. The fourth-order valence-electron chi connectivity index (χ4n) is 2.00. The predicted molar refractivity (Wildman–Crippen MR) is 82.1 cm³/mol. The lowest BCUT2D eigenvalue weighted by Crippen LogP contribution is -2.08. The molecule has 18 heavy (non-hydrogen) atoms. The molecule has 0 saturated heterocycles. The standard InChI is InChI=1S/C16H18BrN/c1-11-6-4-9-16(12(11)2)18-13(3)14-7-5-8-15(17)10-14/h4-10,13,18H,1-3H3. The topological polar surface area (TPSA) is 12.0 Å². The van der Waals surface area contributed by atoms with Crippen molar-refractivity contribution in [2.24, 2.45) is 0 Å². The van der Waals surface area contributed by atoms with Crippen LogP contribution in [0.4, 0.5) is 5.69 Å². The Kier molecular flexibility index (Phi) is 4.07.